The lowest BCUT2D eigenvalue weighted by atomic mass is 9.98. The van der Waals surface area contributed by atoms with Gasteiger partial charge in [-0.2, -0.15) is 13.2 Å². The molecule has 180 valence electrons. The van der Waals surface area contributed by atoms with Crippen LogP contribution < -0.4 is 5.32 Å². The Morgan fingerprint density at radius 3 is 2.51 bits per heavy atom. The number of alkyl halides is 3. The number of halogens is 4. The van der Waals surface area contributed by atoms with Crippen molar-refractivity contribution in [2.24, 2.45) is 0 Å². The summed E-state index contributed by atoms with van der Waals surface area (Å²) in [5.41, 5.74) is 2.09. The van der Waals surface area contributed by atoms with Crippen LogP contribution in [0.5, 0.6) is 0 Å². The highest BCUT2D eigenvalue weighted by atomic mass is 19.4. The molecule has 35 heavy (non-hydrogen) atoms. The topological polar surface area (TPSA) is 72.0 Å². The Bertz CT molecular complexity index is 1360. The fourth-order valence-electron chi connectivity index (χ4n) is 3.95. The normalized spacial score (nSPS) is 12.8. The van der Waals surface area contributed by atoms with Crippen LogP contribution in [-0.2, 0) is 28.6 Å². The maximum absolute atomic E-state index is 14.8. The monoisotopic (exact) mass is 483 g/mol. The average Bonchev–Trinajstić information content (AvgIpc) is 3.23. The number of anilines is 1. The smallest absolute Gasteiger partial charge is 0.324 e. The van der Waals surface area contributed by atoms with E-state index in [1.54, 1.807) is 25.3 Å². The summed E-state index contributed by atoms with van der Waals surface area (Å²) >= 11 is 0. The number of amides is 1. The predicted molar refractivity (Wildman–Crippen MR) is 123 cm³/mol. The highest BCUT2D eigenvalue weighted by molar-refractivity contribution is 6.22. The Hall–Kier alpha value is -3.88. The fraction of sp³-hybridized carbons (Fsp3) is 0.231. The minimum Gasteiger partial charge on any atom is -0.324 e. The molecule has 5 nitrogen and oxygen atoms in total. The van der Waals surface area contributed by atoms with Crippen molar-refractivity contribution in [3.63, 3.8) is 0 Å². The number of rotatable bonds is 6. The van der Waals surface area contributed by atoms with Gasteiger partial charge in [0.1, 0.15) is 5.82 Å². The standard InChI is InChI=1S/C26H21F4N3O2/c1-3-24(34)19-6-7-23-20(19)8-17(12-32-23)15-4-5-16(22(27)9-15)10-25(35)33-18-11-21(26(28,29)30)14(2)31-13-18/h4-6,8-9,11-13H,3,7,10H2,1-2H3,(H,33,35). The van der Waals surface area contributed by atoms with E-state index in [2.05, 4.69) is 15.3 Å². The molecule has 1 amide bonds. The number of hydrogen-bond acceptors (Lipinski definition) is 4. The molecule has 4 rings (SSSR count). The van der Waals surface area contributed by atoms with Gasteiger partial charge in [-0.25, -0.2) is 4.39 Å². The Balaban J connectivity index is 1.51. The number of ketones is 1. The largest absolute Gasteiger partial charge is 0.418 e. The number of nitrogens with one attached hydrogen (secondary N) is 1. The van der Waals surface area contributed by atoms with Crippen molar-refractivity contribution in [1.29, 1.82) is 0 Å². The first-order chi connectivity index (χ1) is 16.6. The van der Waals surface area contributed by atoms with Gasteiger partial charge in [-0.1, -0.05) is 25.1 Å². The molecule has 2 aromatic heterocycles. The van der Waals surface area contributed by atoms with Gasteiger partial charge in [0.2, 0.25) is 5.91 Å². The van der Waals surface area contributed by atoms with Crippen LogP contribution >= 0.6 is 0 Å². The quantitative estimate of drug-likeness (QED) is 0.456. The van der Waals surface area contributed by atoms with Crippen molar-refractivity contribution in [2.75, 3.05) is 5.32 Å². The molecular weight excluding hydrogens is 462 g/mol. The number of carbonyl (C=O) groups is 2. The number of hydrogen-bond donors (Lipinski definition) is 1. The number of carbonyl (C=O) groups excluding carboxylic acids is 2. The first kappa shape index (κ1) is 24.3. The zero-order valence-corrected chi connectivity index (χ0v) is 19.0. The number of allylic oxidation sites excluding steroid dienone is 2. The number of aromatic nitrogens is 2. The van der Waals surface area contributed by atoms with Gasteiger partial charge in [0.15, 0.2) is 5.78 Å². The van der Waals surface area contributed by atoms with Gasteiger partial charge in [-0.15, -0.1) is 0 Å². The van der Waals surface area contributed by atoms with E-state index in [1.165, 1.54) is 19.1 Å². The Kier molecular flexibility index (Phi) is 6.51. The van der Waals surface area contributed by atoms with Crippen LogP contribution in [0, 0.1) is 12.7 Å². The molecule has 0 radical (unpaired) electrons. The molecule has 1 aliphatic rings. The third-order valence-electron chi connectivity index (χ3n) is 5.79. The summed E-state index contributed by atoms with van der Waals surface area (Å²) in [5.74, 6) is -1.31. The van der Waals surface area contributed by atoms with Crippen molar-refractivity contribution < 1.29 is 27.2 Å². The highest BCUT2D eigenvalue weighted by Crippen LogP contribution is 2.33. The van der Waals surface area contributed by atoms with Crippen molar-refractivity contribution in [1.82, 2.24) is 9.97 Å². The number of Topliss-reactive ketones (excluding diaryl/α,β-unsaturated/α-hetero) is 1. The molecule has 1 aromatic carbocycles. The molecule has 0 bridgehead atoms. The minimum absolute atomic E-state index is 0.0152. The summed E-state index contributed by atoms with van der Waals surface area (Å²) in [5, 5.41) is 2.34. The fourth-order valence-corrected chi connectivity index (χ4v) is 3.95. The molecule has 3 aromatic rings. The average molecular weight is 483 g/mol. The van der Waals surface area contributed by atoms with E-state index in [4.69, 9.17) is 0 Å². The van der Waals surface area contributed by atoms with E-state index >= 15 is 0 Å². The summed E-state index contributed by atoms with van der Waals surface area (Å²) in [4.78, 5) is 32.6. The van der Waals surface area contributed by atoms with Crippen LogP contribution in [0.3, 0.4) is 0 Å². The number of fused-ring (bicyclic) bond motifs is 1. The second-order valence-corrected chi connectivity index (χ2v) is 8.20. The minimum atomic E-state index is -4.60. The summed E-state index contributed by atoms with van der Waals surface area (Å²) in [7, 11) is 0. The van der Waals surface area contributed by atoms with E-state index in [0.29, 0.717) is 29.5 Å². The van der Waals surface area contributed by atoms with E-state index in [0.717, 1.165) is 23.5 Å². The van der Waals surface area contributed by atoms with Gasteiger partial charge < -0.3 is 5.32 Å². The first-order valence-corrected chi connectivity index (χ1v) is 10.9. The zero-order valence-electron chi connectivity index (χ0n) is 19.0. The molecular formula is C26H21F4N3O2. The van der Waals surface area contributed by atoms with Crippen LogP contribution in [-0.4, -0.2) is 21.7 Å². The van der Waals surface area contributed by atoms with Gasteiger partial charge in [0, 0.05) is 41.4 Å². The summed E-state index contributed by atoms with van der Waals surface area (Å²) in [6, 6.07) is 6.94. The van der Waals surface area contributed by atoms with Crippen LogP contribution in [0.4, 0.5) is 23.2 Å². The molecule has 0 fully saturated rings. The number of aryl methyl sites for hydroxylation is 1. The molecule has 0 unspecified atom stereocenters. The third kappa shape index (κ3) is 5.13. The van der Waals surface area contributed by atoms with Gasteiger partial charge in [-0.05, 0) is 36.2 Å². The van der Waals surface area contributed by atoms with E-state index in [-0.39, 0.29) is 29.1 Å². The molecule has 0 aliphatic heterocycles. The first-order valence-electron chi connectivity index (χ1n) is 10.9. The molecule has 1 N–H and O–H groups in total. The van der Waals surface area contributed by atoms with Crippen molar-refractivity contribution in [2.45, 2.75) is 39.3 Å². The molecule has 0 saturated carbocycles. The summed E-state index contributed by atoms with van der Waals surface area (Å²) in [6.45, 7) is 3.01. The van der Waals surface area contributed by atoms with E-state index < -0.39 is 23.5 Å². The lowest BCUT2D eigenvalue weighted by molar-refractivity contribution is -0.138. The van der Waals surface area contributed by atoms with Crippen LogP contribution in [0.15, 0.2) is 48.8 Å². The number of pyridine rings is 2. The van der Waals surface area contributed by atoms with Crippen molar-refractivity contribution >= 4 is 23.0 Å². The Labute approximate surface area is 198 Å². The predicted octanol–water partition coefficient (Wildman–Crippen LogP) is 5.71. The van der Waals surface area contributed by atoms with E-state index in [1.807, 2.05) is 6.08 Å². The number of nitrogens with zero attached hydrogens (tertiary/aromatic N) is 2. The highest BCUT2D eigenvalue weighted by Gasteiger charge is 2.33. The Morgan fingerprint density at radius 2 is 1.83 bits per heavy atom. The van der Waals surface area contributed by atoms with Gasteiger partial charge in [-0.3, -0.25) is 19.6 Å². The van der Waals surface area contributed by atoms with Crippen LogP contribution in [0.25, 0.3) is 16.7 Å². The summed E-state index contributed by atoms with van der Waals surface area (Å²) < 4.78 is 54.0. The lowest BCUT2D eigenvalue weighted by Gasteiger charge is -2.12. The van der Waals surface area contributed by atoms with Crippen LogP contribution in [0.2, 0.25) is 0 Å². The van der Waals surface area contributed by atoms with E-state index in [9.17, 15) is 27.2 Å². The molecule has 0 spiro atoms. The van der Waals surface area contributed by atoms with Crippen molar-refractivity contribution in [3.05, 3.63) is 82.7 Å². The SMILES string of the molecule is CCC(=O)C1=CCc2ncc(-c3ccc(CC(=O)Nc4cnc(C)c(C(F)(F)F)c4)c(F)c3)cc21. The van der Waals surface area contributed by atoms with Gasteiger partial charge in [0.25, 0.3) is 0 Å². The van der Waals surface area contributed by atoms with Crippen LogP contribution in [0.1, 0.15) is 41.4 Å². The second kappa shape index (κ2) is 9.40. The molecule has 2 heterocycles. The Morgan fingerprint density at radius 1 is 1.06 bits per heavy atom. The second-order valence-electron chi connectivity index (χ2n) is 8.20. The van der Waals surface area contributed by atoms with Gasteiger partial charge in [0.05, 0.1) is 29.6 Å². The third-order valence-corrected chi connectivity index (χ3v) is 5.79. The summed E-state index contributed by atoms with van der Waals surface area (Å²) in [6.07, 6.45) is 0.534. The van der Waals surface area contributed by atoms with Crippen molar-refractivity contribution in [3.8, 4) is 11.1 Å². The van der Waals surface area contributed by atoms with Gasteiger partial charge >= 0.3 is 6.18 Å². The zero-order chi connectivity index (χ0) is 25.3. The maximum Gasteiger partial charge on any atom is 0.418 e. The molecule has 9 heteroatoms. The molecule has 0 atom stereocenters. The maximum atomic E-state index is 14.8. The molecule has 1 aliphatic carbocycles. The lowest BCUT2D eigenvalue weighted by Crippen LogP contribution is -2.17. The molecule has 0 saturated heterocycles. The number of benzene rings is 1.